The van der Waals surface area contributed by atoms with Crippen LogP contribution in [-0.2, 0) is 14.6 Å². The Bertz CT molecular complexity index is 286. The maximum absolute atomic E-state index is 11.7. The summed E-state index contributed by atoms with van der Waals surface area (Å²) < 4.78 is 22.5. The van der Waals surface area contributed by atoms with Gasteiger partial charge >= 0.3 is 0 Å². The molecule has 0 spiro atoms. The number of sulfone groups is 1. The van der Waals surface area contributed by atoms with Crippen LogP contribution in [0.3, 0.4) is 0 Å². The van der Waals surface area contributed by atoms with Gasteiger partial charge in [-0.1, -0.05) is 0 Å². The lowest BCUT2D eigenvalue weighted by Gasteiger charge is -2.25. The topological polar surface area (TPSA) is 51.2 Å². The minimum atomic E-state index is -3.19. The second kappa shape index (κ2) is 3.78. The molecule has 0 fully saturated rings. The Morgan fingerprint density at radius 3 is 1.92 bits per heavy atom. The first-order valence-corrected chi connectivity index (χ1v) is 5.89. The summed E-state index contributed by atoms with van der Waals surface area (Å²) in [4.78, 5) is 10.9. The van der Waals surface area contributed by atoms with Crippen LogP contribution in [0.2, 0.25) is 0 Å². The second-order valence-corrected chi connectivity index (χ2v) is 7.37. The number of rotatable bonds is 4. The number of hydrogen-bond acceptors (Lipinski definition) is 3. The highest BCUT2D eigenvalue weighted by Crippen LogP contribution is 2.25. The summed E-state index contributed by atoms with van der Waals surface area (Å²) in [6.07, 6.45) is 0.0908. The third-order valence-electron chi connectivity index (χ3n) is 2.07. The number of carbonyl (C=O) groups excluding carboxylic acids is 1. The first kappa shape index (κ1) is 12.6. The third-order valence-corrected chi connectivity index (χ3v) is 4.99. The van der Waals surface area contributed by atoms with Gasteiger partial charge in [0, 0.05) is 6.42 Å². The van der Waals surface area contributed by atoms with E-state index < -0.39 is 19.8 Å². The van der Waals surface area contributed by atoms with Crippen molar-refractivity contribution in [3.63, 3.8) is 0 Å². The van der Waals surface area contributed by atoms with Crippen molar-refractivity contribution in [3.05, 3.63) is 0 Å². The van der Waals surface area contributed by atoms with Crippen molar-refractivity contribution in [1.29, 1.82) is 0 Å². The van der Waals surface area contributed by atoms with Gasteiger partial charge in [-0.15, -0.1) is 0 Å². The van der Waals surface area contributed by atoms with Gasteiger partial charge in [-0.05, 0) is 34.6 Å². The predicted molar refractivity (Wildman–Crippen MR) is 53.4 cm³/mol. The largest absolute Gasteiger partial charge is 0.300 e. The predicted octanol–water partition coefficient (Wildman–Crippen LogP) is 1.57. The quantitative estimate of drug-likeness (QED) is 0.701. The fraction of sp³-hybridized carbons (Fsp3) is 0.889. The molecule has 4 heteroatoms. The molecule has 0 atom stereocenters. The molecule has 3 nitrogen and oxygen atoms in total. The molecule has 0 aromatic rings. The minimum Gasteiger partial charge on any atom is -0.300 e. The molecule has 0 rings (SSSR count). The molecule has 0 aromatic heterocycles. The lowest BCUT2D eigenvalue weighted by atomic mass is 10.1. The van der Waals surface area contributed by atoms with Crippen LogP contribution in [0.4, 0.5) is 0 Å². The molecule has 0 saturated heterocycles. The van der Waals surface area contributed by atoms with Gasteiger partial charge in [-0.25, -0.2) is 8.42 Å². The van der Waals surface area contributed by atoms with Gasteiger partial charge in [0.15, 0.2) is 9.84 Å². The monoisotopic (exact) mass is 206 g/mol. The Balaban J connectivity index is 4.94. The van der Waals surface area contributed by atoms with Crippen molar-refractivity contribution in [3.8, 4) is 0 Å². The third kappa shape index (κ3) is 2.79. The zero-order chi connectivity index (χ0) is 10.9. The fourth-order valence-electron chi connectivity index (χ4n) is 1.34. The van der Waals surface area contributed by atoms with Crippen LogP contribution >= 0.6 is 0 Å². The summed E-state index contributed by atoms with van der Waals surface area (Å²) in [7, 11) is -3.19. The van der Waals surface area contributed by atoms with Crippen molar-refractivity contribution in [2.24, 2.45) is 0 Å². The average molecular weight is 206 g/mol. The maximum Gasteiger partial charge on any atom is 0.158 e. The SMILES string of the molecule is CC(=O)CC(C)(C)S(=O)(=O)C(C)C. The Morgan fingerprint density at radius 2 is 1.69 bits per heavy atom. The van der Waals surface area contributed by atoms with E-state index in [4.69, 9.17) is 0 Å². The summed E-state index contributed by atoms with van der Waals surface area (Å²) in [5.41, 5.74) is 0. The summed E-state index contributed by atoms with van der Waals surface area (Å²) in [6.45, 7) is 7.89. The Hall–Kier alpha value is -0.380. The van der Waals surface area contributed by atoms with Crippen LogP contribution in [-0.4, -0.2) is 24.2 Å². The van der Waals surface area contributed by atoms with Crippen LogP contribution in [0.1, 0.15) is 41.0 Å². The highest BCUT2D eigenvalue weighted by atomic mass is 32.2. The first-order chi connectivity index (χ1) is 5.61. The molecule has 0 unspecified atom stereocenters. The van der Waals surface area contributed by atoms with E-state index >= 15 is 0 Å². The molecule has 78 valence electrons. The van der Waals surface area contributed by atoms with Crippen molar-refractivity contribution >= 4 is 15.6 Å². The van der Waals surface area contributed by atoms with E-state index in [1.165, 1.54) is 6.92 Å². The Labute approximate surface area is 80.4 Å². The number of carbonyl (C=O) groups is 1. The molecule has 0 bridgehead atoms. The van der Waals surface area contributed by atoms with E-state index in [0.29, 0.717) is 0 Å². The van der Waals surface area contributed by atoms with E-state index in [1.807, 2.05) is 0 Å². The van der Waals surface area contributed by atoms with Crippen molar-refractivity contribution in [1.82, 2.24) is 0 Å². The van der Waals surface area contributed by atoms with Crippen molar-refractivity contribution in [2.75, 3.05) is 0 Å². The van der Waals surface area contributed by atoms with Gasteiger partial charge < -0.3 is 0 Å². The molecular formula is C9H18O3S. The van der Waals surface area contributed by atoms with Gasteiger partial charge in [0.25, 0.3) is 0 Å². The fourth-order valence-corrected chi connectivity index (χ4v) is 3.02. The maximum atomic E-state index is 11.7. The van der Waals surface area contributed by atoms with Gasteiger partial charge in [-0.2, -0.15) is 0 Å². The molecule has 0 N–H and O–H groups in total. The van der Waals surface area contributed by atoms with Crippen molar-refractivity contribution < 1.29 is 13.2 Å². The van der Waals surface area contributed by atoms with Gasteiger partial charge in [0.1, 0.15) is 5.78 Å². The smallest absolute Gasteiger partial charge is 0.158 e. The molecule has 0 heterocycles. The minimum absolute atomic E-state index is 0.0887. The highest BCUT2D eigenvalue weighted by Gasteiger charge is 2.37. The lowest BCUT2D eigenvalue weighted by Crippen LogP contribution is -2.38. The zero-order valence-electron chi connectivity index (χ0n) is 8.92. The van der Waals surface area contributed by atoms with Gasteiger partial charge in [0.2, 0.25) is 0 Å². The van der Waals surface area contributed by atoms with Crippen LogP contribution < -0.4 is 0 Å². The van der Waals surface area contributed by atoms with Crippen LogP contribution in [0.25, 0.3) is 0 Å². The molecule has 0 amide bonds. The van der Waals surface area contributed by atoms with E-state index in [2.05, 4.69) is 0 Å². The lowest BCUT2D eigenvalue weighted by molar-refractivity contribution is -0.117. The molecule has 0 aromatic carbocycles. The first-order valence-electron chi connectivity index (χ1n) is 4.34. The molecule has 0 aliphatic heterocycles. The van der Waals surface area contributed by atoms with Crippen LogP contribution in [0.5, 0.6) is 0 Å². The normalized spacial score (nSPS) is 13.4. The number of ketones is 1. The van der Waals surface area contributed by atoms with E-state index in [-0.39, 0.29) is 12.2 Å². The Kier molecular flexibility index (Phi) is 3.67. The molecule has 0 radical (unpaired) electrons. The molecule has 0 aliphatic rings. The van der Waals surface area contributed by atoms with E-state index in [0.717, 1.165) is 0 Å². The standard InChI is InChI=1S/C9H18O3S/c1-7(2)13(11,12)9(4,5)6-8(3)10/h7H,6H2,1-5H3. The van der Waals surface area contributed by atoms with Gasteiger partial charge in [-0.3, -0.25) is 4.79 Å². The second-order valence-electron chi connectivity index (χ2n) is 4.23. The van der Waals surface area contributed by atoms with E-state index in [1.54, 1.807) is 27.7 Å². The summed E-state index contributed by atoms with van der Waals surface area (Å²) >= 11 is 0. The highest BCUT2D eigenvalue weighted by molar-refractivity contribution is 7.93. The average Bonchev–Trinajstić information content (AvgIpc) is 1.83. The molecule has 13 heavy (non-hydrogen) atoms. The number of Topliss-reactive ketones (excluding diaryl/α,β-unsaturated/α-hetero) is 1. The summed E-state index contributed by atoms with van der Waals surface area (Å²) in [6, 6.07) is 0. The van der Waals surface area contributed by atoms with Crippen molar-refractivity contribution in [2.45, 2.75) is 51.0 Å². The molecule has 0 aliphatic carbocycles. The van der Waals surface area contributed by atoms with Gasteiger partial charge in [0.05, 0.1) is 10.00 Å². The molecular weight excluding hydrogens is 188 g/mol. The van der Waals surface area contributed by atoms with E-state index in [9.17, 15) is 13.2 Å². The van der Waals surface area contributed by atoms with Crippen LogP contribution in [0, 0.1) is 0 Å². The molecule has 0 saturated carbocycles. The number of hydrogen-bond donors (Lipinski definition) is 0. The Morgan fingerprint density at radius 1 is 1.31 bits per heavy atom. The summed E-state index contributed by atoms with van der Waals surface area (Å²) in [5, 5.41) is -0.429. The zero-order valence-corrected chi connectivity index (χ0v) is 9.73. The summed E-state index contributed by atoms with van der Waals surface area (Å²) in [5.74, 6) is -0.0887. The van der Waals surface area contributed by atoms with Crippen LogP contribution in [0.15, 0.2) is 0 Å².